The Morgan fingerprint density at radius 2 is 1.52 bits per heavy atom. The van der Waals surface area contributed by atoms with E-state index in [1.165, 1.54) is 55.5 Å². The SMILES string of the molecule is C[C@@H](O)[C@H]1C(=O)N2C(C(=O)O)=C(OP(=O)(Oc3ccccc3)Oc3ccccc3)[C@](C)(Cc3ccc([N+](=O)[O-])cc3)[C@H]12. The fourth-order valence-corrected chi connectivity index (χ4v) is 6.90. The van der Waals surface area contributed by atoms with Crippen LogP contribution in [0.5, 0.6) is 11.5 Å². The standard InChI is InChI=1S/C29H27N2O10P/c1-18(32)23-25-29(2,17-19-13-15-20(16-14-19)31(36)37)26(24(28(34)35)30(25)27(23)33)41-42(38,39-21-9-5-3-6-10-21)40-22-11-7-4-8-12-22/h3-16,18,23,25,32H,17H2,1-2H3,(H,34,35)/t18-,23-,25+,29-/m1/s1. The van der Waals surface area contributed by atoms with Gasteiger partial charge in [-0.1, -0.05) is 55.5 Å². The predicted molar refractivity (Wildman–Crippen MR) is 148 cm³/mol. The minimum absolute atomic E-state index is 0.00541. The number of carbonyl (C=O) groups excluding carboxylic acids is 1. The van der Waals surface area contributed by atoms with Crippen molar-refractivity contribution in [1.82, 2.24) is 4.90 Å². The Labute approximate surface area is 240 Å². The summed E-state index contributed by atoms with van der Waals surface area (Å²) in [6, 6.07) is 20.7. The van der Waals surface area contributed by atoms with Gasteiger partial charge in [-0.05, 0) is 43.2 Å². The molecule has 0 bridgehead atoms. The molecule has 2 aliphatic heterocycles. The predicted octanol–water partition coefficient (Wildman–Crippen LogP) is 4.94. The highest BCUT2D eigenvalue weighted by atomic mass is 31.2. The molecular weight excluding hydrogens is 567 g/mol. The summed E-state index contributed by atoms with van der Waals surface area (Å²) in [4.78, 5) is 37.5. The lowest BCUT2D eigenvalue weighted by atomic mass is 9.67. The van der Waals surface area contributed by atoms with Crippen LogP contribution in [0.25, 0.3) is 0 Å². The molecule has 3 aromatic carbocycles. The number of fused-ring (bicyclic) bond motifs is 1. The van der Waals surface area contributed by atoms with Crippen LogP contribution in [0, 0.1) is 21.4 Å². The zero-order chi connectivity index (χ0) is 30.2. The number of phosphoric acid groups is 1. The van der Waals surface area contributed by atoms with E-state index in [1.54, 1.807) is 43.3 Å². The number of hydrogen-bond acceptors (Lipinski definition) is 9. The number of hydrogen-bond donors (Lipinski definition) is 2. The number of carbonyl (C=O) groups is 2. The molecule has 13 heteroatoms. The van der Waals surface area contributed by atoms with Gasteiger partial charge in [-0.2, -0.15) is 4.57 Å². The Balaban J connectivity index is 1.62. The van der Waals surface area contributed by atoms with Crippen LogP contribution in [0.4, 0.5) is 5.69 Å². The van der Waals surface area contributed by atoms with E-state index in [1.807, 2.05) is 0 Å². The fourth-order valence-electron chi connectivity index (χ4n) is 5.51. The van der Waals surface area contributed by atoms with Crippen molar-refractivity contribution in [1.29, 1.82) is 0 Å². The summed E-state index contributed by atoms with van der Waals surface area (Å²) < 4.78 is 31.8. The van der Waals surface area contributed by atoms with Gasteiger partial charge < -0.3 is 23.8 Å². The van der Waals surface area contributed by atoms with Crippen molar-refractivity contribution in [3.8, 4) is 11.5 Å². The third-order valence-electron chi connectivity index (χ3n) is 7.33. The number of nitrogens with zero attached hydrogens (tertiary/aromatic N) is 2. The molecule has 2 N–H and O–H groups in total. The van der Waals surface area contributed by atoms with Crippen molar-refractivity contribution >= 4 is 25.4 Å². The first-order valence-corrected chi connectivity index (χ1v) is 14.4. The smallest absolute Gasteiger partial charge is 0.476 e. The highest BCUT2D eigenvalue weighted by molar-refractivity contribution is 7.49. The van der Waals surface area contributed by atoms with Crippen molar-refractivity contribution in [3.63, 3.8) is 0 Å². The molecule has 0 saturated carbocycles. The molecule has 4 atom stereocenters. The van der Waals surface area contributed by atoms with E-state index in [4.69, 9.17) is 13.6 Å². The number of phosphoric ester groups is 1. The number of nitro groups is 1. The number of aliphatic hydroxyl groups is 1. The first kappa shape index (κ1) is 28.8. The number of benzene rings is 3. The van der Waals surface area contributed by atoms with Gasteiger partial charge in [0.25, 0.3) is 5.69 Å². The summed E-state index contributed by atoms with van der Waals surface area (Å²) in [6.45, 7) is 3.04. The number of nitro benzene ring substituents is 1. The zero-order valence-electron chi connectivity index (χ0n) is 22.5. The summed E-state index contributed by atoms with van der Waals surface area (Å²) in [5, 5.41) is 32.0. The minimum Gasteiger partial charge on any atom is -0.476 e. The molecular formula is C29H27N2O10P. The van der Waals surface area contributed by atoms with Crippen molar-refractivity contribution in [2.24, 2.45) is 11.3 Å². The molecule has 218 valence electrons. The van der Waals surface area contributed by atoms with E-state index < -0.39 is 53.8 Å². The molecule has 2 heterocycles. The molecule has 2 aliphatic rings. The van der Waals surface area contributed by atoms with Gasteiger partial charge in [-0.25, -0.2) is 4.79 Å². The highest BCUT2D eigenvalue weighted by Crippen LogP contribution is 2.61. The molecule has 1 saturated heterocycles. The van der Waals surface area contributed by atoms with E-state index in [-0.39, 0.29) is 29.4 Å². The molecule has 1 fully saturated rings. The largest absolute Gasteiger partial charge is 0.646 e. The third kappa shape index (κ3) is 5.22. The Bertz CT molecular complexity index is 1550. The second kappa shape index (κ2) is 11.0. The highest BCUT2D eigenvalue weighted by Gasteiger charge is 2.68. The number of aliphatic hydroxyl groups excluding tert-OH is 1. The number of amides is 1. The van der Waals surface area contributed by atoms with Gasteiger partial charge in [-0.15, -0.1) is 0 Å². The fraction of sp³-hybridized carbons (Fsp3) is 0.241. The Morgan fingerprint density at radius 1 is 1.00 bits per heavy atom. The van der Waals surface area contributed by atoms with Gasteiger partial charge in [0.1, 0.15) is 17.3 Å². The van der Waals surface area contributed by atoms with Crippen molar-refractivity contribution in [2.45, 2.75) is 32.4 Å². The average molecular weight is 595 g/mol. The average Bonchev–Trinajstić information content (AvgIpc) is 3.14. The van der Waals surface area contributed by atoms with Crippen molar-refractivity contribution in [3.05, 3.63) is 112 Å². The maximum absolute atomic E-state index is 14.3. The number of non-ortho nitro benzene ring substituents is 1. The molecule has 0 aliphatic carbocycles. The number of rotatable bonds is 11. The van der Waals surface area contributed by atoms with Crippen LogP contribution < -0.4 is 9.05 Å². The lowest BCUT2D eigenvalue weighted by molar-refractivity contribution is -0.384. The Kier molecular flexibility index (Phi) is 7.53. The monoisotopic (exact) mass is 594 g/mol. The van der Waals surface area contributed by atoms with Crippen LogP contribution in [0.2, 0.25) is 0 Å². The second-order valence-electron chi connectivity index (χ2n) is 10.3. The zero-order valence-corrected chi connectivity index (χ0v) is 23.4. The van der Waals surface area contributed by atoms with Crippen molar-refractivity contribution < 1.29 is 42.9 Å². The van der Waals surface area contributed by atoms with Crippen LogP contribution in [-0.2, 0) is 25.1 Å². The topological polar surface area (TPSA) is 166 Å². The molecule has 12 nitrogen and oxygen atoms in total. The first-order chi connectivity index (χ1) is 19.9. The number of para-hydroxylation sites is 2. The summed E-state index contributed by atoms with van der Waals surface area (Å²) >= 11 is 0. The summed E-state index contributed by atoms with van der Waals surface area (Å²) in [6.07, 6.45) is -1.14. The lowest BCUT2D eigenvalue weighted by Crippen LogP contribution is -2.66. The van der Waals surface area contributed by atoms with Gasteiger partial charge in [0.2, 0.25) is 5.91 Å². The van der Waals surface area contributed by atoms with Gasteiger partial charge in [0, 0.05) is 12.1 Å². The Hall–Kier alpha value is -4.67. The molecule has 1 amide bonds. The molecule has 42 heavy (non-hydrogen) atoms. The molecule has 0 spiro atoms. The summed E-state index contributed by atoms with van der Waals surface area (Å²) in [5.41, 5.74) is -1.54. The van der Waals surface area contributed by atoms with E-state index in [0.717, 1.165) is 4.90 Å². The number of carboxylic acids is 1. The minimum atomic E-state index is -4.69. The van der Waals surface area contributed by atoms with Crippen LogP contribution in [0.3, 0.4) is 0 Å². The maximum atomic E-state index is 14.3. The maximum Gasteiger partial charge on any atom is 0.646 e. The van der Waals surface area contributed by atoms with E-state index >= 15 is 0 Å². The van der Waals surface area contributed by atoms with Crippen LogP contribution >= 0.6 is 7.82 Å². The van der Waals surface area contributed by atoms with Crippen LogP contribution in [0.1, 0.15) is 19.4 Å². The van der Waals surface area contributed by atoms with Crippen LogP contribution in [0.15, 0.2) is 96.4 Å². The molecule has 5 rings (SSSR count). The van der Waals surface area contributed by atoms with E-state index in [0.29, 0.717) is 5.56 Å². The van der Waals surface area contributed by atoms with Gasteiger partial charge >= 0.3 is 13.8 Å². The van der Waals surface area contributed by atoms with Gasteiger partial charge in [0.15, 0.2) is 5.70 Å². The van der Waals surface area contributed by atoms with Gasteiger partial charge in [-0.3, -0.25) is 19.8 Å². The molecule has 0 aromatic heterocycles. The second-order valence-corrected chi connectivity index (χ2v) is 11.7. The quantitative estimate of drug-likeness (QED) is 0.134. The molecule has 3 aromatic rings. The van der Waals surface area contributed by atoms with E-state index in [9.17, 15) is 34.5 Å². The number of carboxylic acid groups (broad SMARTS) is 1. The lowest BCUT2D eigenvalue weighted by Gasteiger charge is -2.50. The number of aliphatic carboxylic acids is 1. The molecule has 0 unspecified atom stereocenters. The van der Waals surface area contributed by atoms with Crippen molar-refractivity contribution in [2.75, 3.05) is 0 Å². The molecule has 0 radical (unpaired) electrons. The van der Waals surface area contributed by atoms with E-state index in [2.05, 4.69) is 0 Å². The summed E-state index contributed by atoms with van der Waals surface area (Å²) in [7, 11) is -4.69. The normalized spacial score (nSPS) is 22.2. The van der Waals surface area contributed by atoms with Gasteiger partial charge in [0.05, 0.1) is 28.4 Å². The Morgan fingerprint density at radius 3 is 1.98 bits per heavy atom. The summed E-state index contributed by atoms with van der Waals surface area (Å²) in [5.74, 6) is -3.26. The third-order valence-corrected chi connectivity index (χ3v) is 8.61. The first-order valence-electron chi connectivity index (χ1n) is 12.9. The van der Waals surface area contributed by atoms with Crippen LogP contribution in [-0.4, -0.2) is 44.1 Å². The number of β-lactam (4-membered cyclic amide) rings is 1.